The number of halogens is 2. The number of ether oxygens (including phenoxy) is 4. The standard InChI is InChI=1S/C29H37N3O3.C25H29N3O3.C23H27N3O.C16H11ClN2.C7H17NO.C6H11BrO2.Na.H2O/c1-22(2)32(18-12-13-19-34-21-26(33)35-29(3,4)5)25-20-30-27(23-14-8-6-9-15-23)28(31-25)24-16-10-7-11-17-24;1-19(2)28(15-9-10-16-31-18-23(29)30)22-17-26-24(20-11-5-3-6-12-20)25(27-22)21-13-7-4-8-14-21;1-18(2)26(15-9-10-16-27)21-17-24-22(19-11-5-3-6-12-19)23(25-21)20-13-7-4-8-14-20;17-14-11-18-15(12-7-3-1-4-8-12)16(19-14)13-9-5-2-6-10-13;1-7(2)8-5-3-4-6-9;1-6(2,3)9-5(8)4-7;;/h6-11,14-17,20,22H,12-13,18-19,21H2,1-5H3;3-8,11-14,17,19H,9-10,15-16,18H2,1-2H3,(H,29,30);3-8,11-14,17-18,27H,9-10,15-16H2,1-2H3;1-11H;7-9H,3-6H2,1-2H3;4H2,1-3H3;;1H2/q;;;;;;+1;/p-1/i12D2,13D2,18D2,19D2;2*9D2,10D2,15D2,16D2;;3D2,4D2,5D2,6D2;;;. The Morgan fingerprint density at radius 2 is 0.644 bits per heavy atom. The molecule has 0 spiro atoms. The summed E-state index contributed by atoms with van der Waals surface area (Å²) in [5.74, 6) is -3.07. The molecule has 0 radical (unpaired) electrons. The van der Waals surface area contributed by atoms with E-state index in [2.05, 4.69) is 60.9 Å². The van der Waals surface area contributed by atoms with Gasteiger partial charge in [-0.3, -0.25) is 24.7 Å². The molecule has 5 N–H and O–H groups in total. The van der Waals surface area contributed by atoms with Crippen LogP contribution in [0.1, 0.15) is 192 Å². The molecule has 0 aliphatic heterocycles. The first-order valence-electron chi connectivity index (χ1n) is 57.0. The summed E-state index contributed by atoms with van der Waals surface area (Å²) >= 11 is 8.97. The molecule has 0 saturated heterocycles. The zero-order valence-electron chi connectivity index (χ0n) is 108. The van der Waals surface area contributed by atoms with Crippen LogP contribution < -0.4 is 49.6 Å². The quantitative estimate of drug-likeness (QED) is 0.0159. The number of nitrogens with zero attached hydrogens (tertiary/aromatic N) is 11. The summed E-state index contributed by atoms with van der Waals surface area (Å²) in [6.07, 6.45) is -22.8. The van der Waals surface area contributed by atoms with Gasteiger partial charge in [0.1, 0.15) is 52.4 Å². The van der Waals surface area contributed by atoms with Crippen molar-refractivity contribution in [3.05, 3.63) is 273 Å². The van der Waals surface area contributed by atoms with Gasteiger partial charge in [-0.25, -0.2) is 29.5 Å². The molecule has 0 amide bonds. The molecule has 0 aliphatic carbocycles. The maximum atomic E-state index is 12.1. The van der Waals surface area contributed by atoms with Gasteiger partial charge >= 0.3 is 47.5 Å². The summed E-state index contributed by atoms with van der Waals surface area (Å²) in [6.45, 7) is -5.97. The molecule has 0 atom stereocenters. The first kappa shape index (κ1) is 71.1. The number of anilines is 3. The second-order valence-electron chi connectivity index (χ2n) is 30.5. The van der Waals surface area contributed by atoms with E-state index in [4.69, 9.17) is 84.9 Å². The minimum absolute atomic E-state index is 0. The Labute approximate surface area is 862 Å². The molecule has 12 aromatic rings. The third kappa shape index (κ3) is 40.9. The molecule has 0 saturated carbocycles. The minimum Gasteiger partial charge on any atom is -0.870 e. The van der Waals surface area contributed by atoms with Crippen LogP contribution in [0.15, 0.2) is 267 Å². The second-order valence-corrected chi connectivity index (χ2v) is 31.4. The molecule has 132 heavy (non-hydrogen) atoms. The van der Waals surface area contributed by atoms with Crippen LogP contribution in [0.4, 0.5) is 17.5 Å². The van der Waals surface area contributed by atoms with E-state index < -0.39 is 158 Å². The molecule has 698 valence electrons. The van der Waals surface area contributed by atoms with Crippen LogP contribution in [0.3, 0.4) is 0 Å². The third-order valence-corrected chi connectivity index (χ3v) is 17.2. The predicted molar refractivity (Wildman–Crippen MR) is 535 cm³/mol. The van der Waals surface area contributed by atoms with Crippen LogP contribution in [0.25, 0.3) is 90.1 Å². The van der Waals surface area contributed by atoms with Crippen molar-refractivity contribution in [2.24, 2.45) is 0 Å². The topological polar surface area (TPSA) is 304 Å². The predicted octanol–water partition coefficient (Wildman–Crippen LogP) is 19.6. The van der Waals surface area contributed by atoms with Gasteiger partial charge in [0, 0.05) is 147 Å². The van der Waals surface area contributed by atoms with Gasteiger partial charge in [0.15, 0.2) is 0 Å². The summed E-state index contributed by atoms with van der Waals surface area (Å²) in [4.78, 5) is 72.8. The molecule has 4 heterocycles. The Bertz CT molecular complexity index is 6830. The Balaban J connectivity index is 0.000000362. The SMILES string of the molecule is CC(C)(C)OC(=O)CBr.Clc1cnc(-c2ccccc2)c(-c2ccccc2)n1.[2H]C([2H])(O)C([2H])([2H])C([2H])([2H])C([2H])([2H])N(c1cnc(-c2ccccc2)c(-c2ccccc2)n1)C(C)C.[2H]C([2H])(O)C([2H])([2H])C([2H])([2H])C([2H])([2H])NC(C)C.[2H]C([2H])(OCC(=O)O)C([2H])([2H])C([2H])([2H])C([2H])([2H])N(c1cnc(-c2ccccc2)c(-c2ccccc2)n1)C(C)C.[2H]C([2H])(OCC(=O)OC(C)(C)C)C([2H])([2H])C([2H])([2H])C([2H])([2H])N(c1cnc(-c2ccccc2)c(-c2ccccc2)n1)C(C)C.[Na+].[OH-]. The number of nitrogens with one attached hydrogen (secondary N) is 1. The average molecular weight is 1920 g/mol. The largest absolute Gasteiger partial charge is 1.00 e. The van der Waals surface area contributed by atoms with Gasteiger partial charge in [-0.1, -0.05) is 284 Å². The fraction of sp³-hybridized carbons (Fsp3) is 0.368. The maximum absolute atomic E-state index is 12.1. The van der Waals surface area contributed by atoms with Gasteiger partial charge in [-0.2, -0.15) is 0 Å². The Morgan fingerprint density at radius 1 is 0.386 bits per heavy atom. The summed E-state index contributed by atoms with van der Waals surface area (Å²) in [6, 6.07) is 72.0. The molecule has 0 unspecified atom stereocenters. The molecule has 0 aliphatic rings. The fourth-order valence-electron chi connectivity index (χ4n) is 11.2. The van der Waals surface area contributed by atoms with Crippen LogP contribution >= 0.6 is 27.5 Å². The molecule has 4 aromatic heterocycles. The van der Waals surface area contributed by atoms with Crippen molar-refractivity contribution in [1.29, 1.82) is 0 Å². The number of hydrogen-bond donors (Lipinski definition) is 4. The van der Waals surface area contributed by atoms with Crippen molar-refractivity contribution in [1.82, 2.24) is 45.2 Å². The molecule has 26 heteroatoms. The number of benzene rings is 8. The van der Waals surface area contributed by atoms with Crippen LogP contribution in [0, 0.1) is 0 Å². The summed E-state index contributed by atoms with van der Waals surface area (Å²) in [5.41, 5.74) is 9.41. The molecule has 8 aromatic carbocycles. The number of esters is 2. The van der Waals surface area contributed by atoms with Gasteiger partial charge in [-0.15, -0.1) is 0 Å². The van der Waals surface area contributed by atoms with Crippen LogP contribution in [0.2, 0.25) is 5.15 Å². The first-order valence-corrected chi connectivity index (χ1v) is 42.5. The van der Waals surface area contributed by atoms with Crippen LogP contribution in [-0.2, 0) is 33.3 Å². The molecule has 0 fully saturated rings. The minimum atomic E-state index is -3.65. The van der Waals surface area contributed by atoms with Crippen LogP contribution in [-0.4, -0.2) is 185 Å². The summed E-state index contributed by atoms with van der Waals surface area (Å²) in [5, 5.41) is 30.4. The molecular weight excluding hydrogens is 1760 g/mol. The fourth-order valence-corrected chi connectivity index (χ4v) is 11.5. The average Bonchev–Trinajstić information content (AvgIpc) is 0.727. The number of rotatable bonds is 38. The third-order valence-electron chi connectivity index (χ3n) is 16.6. The van der Waals surface area contributed by atoms with Crippen molar-refractivity contribution in [2.45, 2.75) is 183 Å². The molecule has 23 nitrogen and oxygen atoms in total. The van der Waals surface area contributed by atoms with E-state index in [0.717, 1.165) is 53.9 Å². The molecule has 12 rings (SSSR count). The van der Waals surface area contributed by atoms with Crippen molar-refractivity contribution in [3.63, 3.8) is 0 Å². The van der Waals surface area contributed by atoms with Crippen molar-refractivity contribution >= 4 is 62.9 Å². The first-order chi connectivity index (χ1) is 74.4. The van der Waals surface area contributed by atoms with E-state index in [1.165, 1.54) is 32.4 Å². The number of carbonyl (C=O) groups is 3. The summed E-state index contributed by atoms with van der Waals surface area (Å²) in [7, 11) is 0. The Kier molecular flexibility index (Phi) is 33.0. The normalized spacial score (nSPS) is 16.2. The number of aromatic nitrogens is 8. The van der Waals surface area contributed by atoms with E-state index in [0.29, 0.717) is 56.0 Å². The number of carbonyl (C=O) groups excluding carboxylic acids is 2. The van der Waals surface area contributed by atoms with Gasteiger partial charge in [0.25, 0.3) is 0 Å². The van der Waals surface area contributed by atoms with Crippen molar-refractivity contribution < 1.29 is 128 Å². The van der Waals surface area contributed by atoms with E-state index >= 15 is 0 Å². The van der Waals surface area contributed by atoms with E-state index in [1.54, 1.807) is 92.8 Å². The summed E-state index contributed by atoms with van der Waals surface area (Å²) < 4.78 is 277. The zero-order chi connectivity index (χ0) is 123. The Hall–Kier alpha value is -10.6. The second kappa shape index (κ2) is 61.3. The number of alkyl halides is 1. The number of hydrogen-bond acceptors (Lipinski definition) is 22. The van der Waals surface area contributed by atoms with E-state index in [9.17, 15) is 19.5 Å². The Morgan fingerprint density at radius 3 is 0.902 bits per heavy atom. The maximum Gasteiger partial charge on any atom is 1.00 e. The number of aliphatic hydroxyl groups is 2. The smallest absolute Gasteiger partial charge is 0.870 e. The van der Waals surface area contributed by atoms with E-state index in [1.807, 2.05) is 239 Å². The van der Waals surface area contributed by atoms with Gasteiger partial charge in [0.05, 0.1) is 81.3 Å². The van der Waals surface area contributed by atoms with Gasteiger partial charge < -0.3 is 59.8 Å². The van der Waals surface area contributed by atoms with Crippen LogP contribution in [0.5, 0.6) is 0 Å². The molecule has 0 bridgehead atoms. The number of carboxylic acids is 1. The number of carboxylic acid groups (broad SMARTS) is 1. The van der Waals surface area contributed by atoms with E-state index in [-0.39, 0.29) is 69.4 Å². The zero-order valence-corrected chi connectivity index (χ0v) is 80.5. The van der Waals surface area contributed by atoms with Crippen molar-refractivity contribution in [3.8, 4) is 90.1 Å². The van der Waals surface area contributed by atoms with Gasteiger partial charge in [-0.05, 0) is 141 Å². The number of aliphatic carboxylic acids is 1. The van der Waals surface area contributed by atoms with Crippen molar-refractivity contribution in [2.75, 3.05) is 85.5 Å². The van der Waals surface area contributed by atoms with Gasteiger partial charge in [0.2, 0.25) is 0 Å². The molecular formula is C106H133BrClN12NaO11. The monoisotopic (exact) mass is 1920 g/mol.